The topological polar surface area (TPSA) is 107 Å². The maximum Gasteiger partial charge on any atom is 0.253 e. The van der Waals surface area contributed by atoms with Gasteiger partial charge in [-0.1, -0.05) is 11.8 Å². The SMILES string of the molecule is NC(=O)C(=C(Sc1cncnc1)N1CCOCC1)c1ccncn1. The van der Waals surface area contributed by atoms with Crippen molar-refractivity contribution < 1.29 is 9.53 Å². The van der Waals surface area contributed by atoms with E-state index in [0.717, 1.165) is 9.92 Å². The summed E-state index contributed by atoms with van der Waals surface area (Å²) in [5, 5.41) is 0.722. The van der Waals surface area contributed by atoms with Crippen molar-refractivity contribution in [1.29, 1.82) is 0 Å². The molecular weight excluding hydrogens is 328 g/mol. The molecule has 3 rings (SSSR count). The van der Waals surface area contributed by atoms with Crippen molar-refractivity contribution in [3.05, 3.63) is 48.0 Å². The van der Waals surface area contributed by atoms with Gasteiger partial charge in [-0.2, -0.15) is 0 Å². The van der Waals surface area contributed by atoms with Crippen LogP contribution in [0.5, 0.6) is 0 Å². The lowest BCUT2D eigenvalue weighted by Gasteiger charge is -2.31. The van der Waals surface area contributed by atoms with Crippen LogP contribution in [0.4, 0.5) is 0 Å². The first-order chi connectivity index (χ1) is 11.8. The Balaban J connectivity index is 2.07. The number of hydrogen-bond acceptors (Lipinski definition) is 8. The molecule has 0 saturated carbocycles. The molecule has 1 amide bonds. The zero-order valence-corrected chi connectivity index (χ0v) is 13.6. The molecular formula is C15H16N6O2S. The van der Waals surface area contributed by atoms with E-state index in [0.29, 0.717) is 37.6 Å². The number of aromatic nitrogens is 4. The molecule has 2 N–H and O–H groups in total. The molecule has 2 aromatic rings. The molecule has 0 aliphatic carbocycles. The number of ether oxygens (including phenoxy) is 1. The van der Waals surface area contributed by atoms with Gasteiger partial charge in [-0.05, 0) is 6.07 Å². The molecule has 1 aliphatic rings. The van der Waals surface area contributed by atoms with Gasteiger partial charge in [-0.3, -0.25) is 4.79 Å². The van der Waals surface area contributed by atoms with Crippen molar-refractivity contribution in [2.75, 3.05) is 26.3 Å². The predicted octanol–water partition coefficient (Wildman–Crippen LogP) is 0.545. The van der Waals surface area contributed by atoms with E-state index in [1.54, 1.807) is 24.7 Å². The number of rotatable bonds is 5. The molecule has 1 aliphatic heterocycles. The Morgan fingerprint density at radius 1 is 1.17 bits per heavy atom. The monoisotopic (exact) mass is 344 g/mol. The van der Waals surface area contributed by atoms with Crippen molar-refractivity contribution in [2.24, 2.45) is 5.73 Å². The van der Waals surface area contributed by atoms with E-state index >= 15 is 0 Å². The van der Waals surface area contributed by atoms with Gasteiger partial charge in [-0.25, -0.2) is 19.9 Å². The molecule has 3 heterocycles. The second-order valence-electron chi connectivity index (χ2n) is 4.91. The fraction of sp³-hybridized carbons (Fsp3) is 0.267. The maximum atomic E-state index is 12.2. The highest BCUT2D eigenvalue weighted by atomic mass is 32.2. The van der Waals surface area contributed by atoms with Crippen molar-refractivity contribution in [3.63, 3.8) is 0 Å². The van der Waals surface area contributed by atoms with Crippen LogP contribution in [0.3, 0.4) is 0 Å². The Morgan fingerprint density at radius 3 is 2.54 bits per heavy atom. The average Bonchev–Trinajstić information content (AvgIpc) is 2.63. The van der Waals surface area contributed by atoms with Crippen LogP contribution in [0, 0.1) is 0 Å². The molecule has 8 nitrogen and oxygen atoms in total. The van der Waals surface area contributed by atoms with Crippen LogP contribution in [0.1, 0.15) is 5.69 Å². The summed E-state index contributed by atoms with van der Waals surface area (Å²) in [7, 11) is 0. The van der Waals surface area contributed by atoms with Gasteiger partial charge in [0, 0.05) is 31.7 Å². The average molecular weight is 344 g/mol. The fourth-order valence-electron chi connectivity index (χ4n) is 2.27. The lowest BCUT2D eigenvalue weighted by Crippen LogP contribution is -2.36. The Morgan fingerprint density at radius 2 is 1.92 bits per heavy atom. The Labute approximate surface area is 143 Å². The summed E-state index contributed by atoms with van der Waals surface area (Å²) in [4.78, 5) is 31.2. The smallest absolute Gasteiger partial charge is 0.253 e. The van der Waals surface area contributed by atoms with Crippen LogP contribution in [-0.4, -0.2) is 57.0 Å². The molecule has 0 spiro atoms. The third kappa shape index (κ3) is 3.87. The van der Waals surface area contributed by atoms with E-state index < -0.39 is 5.91 Å². The van der Waals surface area contributed by atoms with Crippen LogP contribution in [0.25, 0.3) is 5.57 Å². The number of carbonyl (C=O) groups is 1. The number of amides is 1. The first-order valence-corrected chi connectivity index (χ1v) is 8.13. The number of nitrogens with zero attached hydrogens (tertiary/aromatic N) is 5. The highest BCUT2D eigenvalue weighted by molar-refractivity contribution is 8.03. The van der Waals surface area contributed by atoms with Gasteiger partial charge in [0.05, 0.1) is 34.4 Å². The first kappa shape index (κ1) is 16.3. The molecule has 0 atom stereocenters. The fourth-order valence-corrected chi connectivity index (χ4v) is 3.34. The van der Waals surface area contributed by atoms with Gasteiger partial charge >= 0.3 is 0 Å². The number of carbonyl (C=O) groups excluding carboxylic acids is 1. The second kappa shape index (κ2) is 7.84. The summed E-state index contributed by atoms with van der Waals surface area (Å²) in [5.74, 6) is -0.542. The molecule has 0 unspecified atom stereocenters. The van der Waals surface area contributed by atoms with E-state index in [9.17, 15) is 4.79 Å². The number of thioether (sulfide) groups is 1. The highest BCUT2D eigenvalue weighted by Gasteiger charge is 2.24. The third-order valence-corrected chi connectivity index (χ3v) is 4.45. The molecule has 1 fully saturated rings. The van der Waals surface area contributed by atoms with Gasteiger partial charge in [0.25, 0.3) is 5.91 Å². The van der Waals surface area contributed by atoms with Gasteiger partial charge in [0.1, 0.15) is 12.7 Å². The van der Waals surface area contributed by atoms with Crippen molar-refractivity contribution in [1.82, 2.24) is 24.8 Å². The molecule has 24 heavy (non-hydrogen) atoms. The predicted molar refractivity (Wildman–Crippen MR) is 88.4 cm³/mol. The van der Waals surface area contributed by atoms with Crippen molar-refractivity contribution in [2.45, 2.75) is 4.90 Å². The molecule has 1 saturated heterocycles. The van der Waals surface area contributed by atoms with E-state index in [-0.39, 0.29) is 0 Å². The Bertz CT molecular complexity index is 719. The quantitative estimate of drug-likeness (QED) is 0.619. The summed E-state index contributed by atoms with van der Waals surface area (Å²) in [6.45, 7) is 2.51. The van der Waals surface area contributed by atoms with Crippen LogP contribution < -0.4 is 5.73 Å². The highest BCUT2D eigenvalue weighted by Crippen LogP contribution is 2.34. The van der Waals surface area contributed by atoms with E-state index in [2.05, 4.69) is 24.8 Å². The summed E-state index contributed by atoms with van der Waals surface area (Å²) in [5.41, 5.74) is 6.51. The normalized spacial score (nSPS) is 15.8. The summed E-state index contributed by atoms with van der Waals surface area (Å²) in [6.07, 6.45) is 7.82. The lowest BCUT2D eigenvalue weighted by molar-refractivity contribution is -0.112. The zero-order valence-electron chi connectivity index (χ0n) is 12.8. The number of hydrogen-bond donors (Lipinski definition) is 1. The summed E-state index contributed by atoms with van der Waals surface area (Å²) in [6, 6.07) is 1.67. The van der Waals surface area contributed by atoms with E-state index in [1.807, 2.05) is 0 Å². The first-order valence-electron chi connectivity index (χ1n) is 7.31. The second-order valence-corrected chi connectivity index (χ2v) is 5.98. The molecule has 0 bridgehead atoms. The van der Waals surface area contributed by atoms with Gasteiger partial charge in [-0.15, -0.1) is 0 Å². The minimum absolute atomic E-state index is 0.355. The minimum atomic E-state index is -0.542. The van der Waals surface area contributed by atoms with Gasteiger partial charge in [0.2, 0.25) is 0 Å². The lowest BCUT2D eigenvalue weighted by atomic mass is 10.2. The number of nitrogens with two attached hydrogens (primary N) is 1. The Kier molecular flexibility index (Phi) is 5.34. The Hall–Kier alpha value is -2.52. The van der Waals surface area contributed by atoms with Crippen LogP contribution in [0.15, 0.2) is 47.2 Å². The third-order valence-electron chi connectivity index (χ3n) is 3.35. The summed E-state index contributed by atoms with van der Waals surface area (Å²) < 4.78 is 5.41. The number of primary amides is 1. The van der Waals surface area contributed by atoms with Gasteiger partial charge in [0.15, 0.2) is 0 Å². The van der Waals surface area contributed by atoms with E-state index in [4.69, 9.17) is 10.5 Å². The maximum absolute atomic E-state index is 12.2. The standard InChI is InChI=1S/C15H16N6O2S/c16-14(22)13(12-1-2-17-10-20-12)15(21-3-5-23-6-4-21)24-11-7-18-9-19-8-11/h1-2,7-10H,3-6H2,(H2,16,22). The largest absolute Gasteiger partial charge is 0.378 e. The van der Waals surface area contributed by atoms with Crippen LogP contribution >= 0.6 is 11.8 Å². The molecule has 9 heteroatoms. The van der Waals surface area contributed by atoms with Crippen LogP contribution in [-0.2, 0) is 9.53 Å². The van der Waals surface area contributed by atoms with Crippen LogP contribution in [0.2, 0.25) is 0 Å². The number of morpholine rings is 1. The van der Waals surface area contributed by atoms with E-state index in [1.165, 1.54) is 24.4 Å². The minimum Gasteiger partial charge on any atom is -0.378 e. The van der Waals surface area contributed by atoms with Crippen molar-refractivity contribution >= 4 is 23.2 Å². The van der Waals surface area contributed by atoms with Crippen molar-refractivity contribution in [3.8, 4) is 0 Å². The zero-order chi connectivity index (χ0) is 16.8. The molecule has 124 valence electrons. The summed E-state index contributed by atoms with van der Waals surface area (Å²) >= 11 is 1.39. The molecule has 2 aromatic heterocycles. The van der Waals surface area contributed by atoms with Gasteiger partial charge < -0.3 is 15.4 Å². The molecule has 0 radical (unpaired) electrons. The molecule has 0 aromatic carbocycles.